The molecule has 1 aliphatic heterocycles. The van der Waals surface area contributed by atoms with Gasteiger partial charge in [0, 0.05) is 12.0 Å². The molecule has 1 heterocycles. The monoisotopic (exact) mass is 290 g/mol. The number of hydrogen-bond acceptors (Lipinski definition) is 4. The molecule has 21 heavy (non-hydrogen) atoms. The maximum absolute atomic E-state index is 11.5. The van der Waals surface area contributed by atoms with Crippen molar-refractivity contribution >= 4 is 5.91 Å². The molecule has 0 spiro atoms. The van der Waals surface area contributed by atoms with E-state index in [0.29, 0.717) is 6.54 Å². The third-order valence-corrected chi connectivity index (χ3v) is 4.60. The molecule has 0 saturated heterocycles. The largest absolute Gasteiger partial charge is 0.454 e. The van der Waals surface area contributed by atoms with Crippen LogP contribution in [0.2, 0.25) is 0 Å². The molecule has 5 heteroatoms. The average Bonchev–Trinajstić information content (AvgIpc) is 3.01. The van der Waals surface area contributed by atoms with E-state index < -0.39 is 0 Å². The van der Waals surface area contributed by atoms with Crippen LogP contribution in [-0.2, 0) is 10.2 Å². The van der Waals surface area contributed by atoms with E-state index in [1.807, 2.05) is 6.07 Å². The van der Waals surface area contributed by atoms with Gasteiger partial charge in [0.1, 0.15) is 0 Å². The second-order valence-electron chi connectivity index (χ2n) is 5.89. The van der Waals surface area contributed by atoms with Gasteiger partial charge in [0.15, 0.2) is 11.5 Å². The van der Waals surface area contributed by atoms with E-state index >= 15 is 0 Å². The zero-order valence-electron chi connectivity index (χ0n) is 12.2. The topological polar surface area (TPSA) is 73.6 Å². The second-order valence-corrected chi connectivity index (χ2v) is 5.89. The lowest BCUT2D eigenvalue weighted by atomic mass is 9.69. The van der Waals surface area contributed by atoms with E-state index in [9.17, 15) is 4.79 Å². The molecule has 0 bridgehead atoms. The molecule has 1 aromatic rings. The van der Waals surface area contributed by atoms with Crippen molar-refractivity contribution in [1.29, 1.82) is 0 Å². The van der Waals surface area contributed by atoms with Gasteiger partial charge in [-0.15, -0.1) is 0 Å². The fourth-order valence-electron chi connectivity index (χ4n) is 3.36. The number of benzene rings is 1. The summed E-state index contributed by atoms with van der Waals surface area (Å²) in [4.78, 5) is 11.5. The minimum absolute atomic E-state index is 0.00986. The first-order chi connectivity index (χ1) is 10.2. The molecular weight excluding hydrogens is 268 g/mol. The van der Waals surface area contributed by atoms with Crippen LogP contribution in [-0.4, -0.2) is 25.8 Å². The molecule has 5 nitrogen and oxygen atoms in total. The molecule has 1 amide bonds. The molecule has 2 aliphatic rings. The first-order valence-corrected chi connectivity index (χ1v) is 7.60. The van der Waals surface area contributed by atoms with Gasteiger partial charge in [0.2, 0.25) is 12.7 Å². The number of ether oxygens (including phenoxy) is 2. The lowest BCUT2D eigenvalue weighted by Crippen LogP contribution is -2.44. The smallest absolute Gasteiger partial charge is 0.233 e. The number of rotatable bonds is 4. The quantitative estimate of drug-likeness (QED) is 0.885. The molecular formula is C16H22N2O3. The molecule has 0 radical (unpaired) electrons. The lowest BCUT2D eigenvalue weighted by molar-refractivity contribution is -0.120. The Morgan fingerprint density at radius 2 is 1.95 bits per heavy atom. The molecule has 0 atom stereocenters. The van der Waals surface area contributed by atoms with E-state index in [0.717, 1.165) is 24.3 Å². The normalized spacial score (nSPS) is 19.3. The zero-order valence-corrected chi connectivity index (χ0v) is 12.2. The van der Waals surface area contributed by atoms with Crippen molar-refractivity contribution in [3.05, 3.63) is 23.8 Å². The Bertz CT molecular complexity index is 524. The van der Waals surface area contributed by atoms with E-state index in [4.69, 9.17) is 15.2 Å². The molecule has 3 N–H and O–H groups in total. The standard InChI is InChI=1S/C16H22N2O3/c17-9-15(19)18-10-16(6-2-1-3-7-16)12-4-5-13-14(8-12)21-11-20-13/h4-5,8H,1-3,6-7,9-11,17H2,(H,18,19). The number of carbonyl (C=O) groups excluding carboxylic acids is 1. The van der Waals surface area contributed by atoms with Crippen LogP contribution in [0.15, 0.2) is 18.2 Å². The fourth-order valence-corrected chi connectivity index (χ4v) is 3.36. The summed E-state index contributed by atoms with van der Waals surface area (Å²) in [7, 11) is 0. The van der Waals surface area contributed by atoms with Crippen LogP contribution in [0.3, 0.4) is 0 Å². The summed E-state index contributed by atoms with van der Waals surface area (Å²) in [5.74, 6) is 1.51. The Balaban J connectivity index is 1.85. The van der Waals surface area contributed by atoms with Crippen LogP contribution >= 0.6 is 0 Å². The molecule has 0 aromatic heterocycles. The summed E-state index contributed by atoms with van der Waals surface area (Å²) in [5, 5.41) is 2.97. The number of nitrogens with two attached hydrogens (primary N) is 1. The van der Waals surface area contributed by atoms with Crippen LogP contribution in [0.25, 0.3) is 0 Å². The Morgan fingerprint density at radius 3 is 2.71 bits per heavy atom. The van der Waals surface area contributed by atoms with Crippen molar-refractivity contribution in [2.24, 2.45) is 5.73 Å². The summed E-state index contributed by atoms with van der Waals surface area (Å²) in [6.45, 7) is 0.968. The fraction of sp³-hybridized carbons (Fsp3) is 0.562. The summed E-state index contributed by atoms with van der Waals surface area (Å²) >= 11 is 0. The van der Waals surface area contributed by atoms with Gasteiger partial charge in [-0.1, -0.05) is 25.3 Å². The summed E-state index contributed by atoms with van der Waals surface area (Å²) in [6, 6.07) is 6.15. The van der Waals surface area contributed by atoms with Crippen molar-refractivity contribution in [2.75, 3.05) is 19.9 Å². The highest BCUT2D eigenvalue weighted by molar-refractivity contribution is 5.77. The van der Waals surface area contributed by atoms with E-state index in [1.165, 1.54) is 24.8 Å². The zero-order chi connectivity index (χ0) is 14.7. The number of carbonyl (C=O) groups is 1. The van der Waals surface area contributed by atoms with Crippen LogP contribution < -0.4 is 20.5 Å². The summed E-state index contributed by atoms with van der Waals surface area (Å²) in [6.07, 6.45) is 5.80. The highest BCUT2D eigenvalue weighted by Gasteiger charge is 2.35. The van der Waals surface area contributed by atoms with Gasteiger partial charge in [0.25, 0.3) is 0 Å². The number of hydrogen-bond donors (Lipinski definition) is 2. The van der Waals surface area contributed by atoms with Gasteiger partial charge in [-0.3, -0.25) is 4.79 Å². The predicted octanol–water partition coefficient (Wildman–Crippen LogP) is 1.69. The van der Waals surface area contributed by atoms with Crippen molar-refractivity contribution < 1.29 is 14.3 Å². The third-order valence-electron chi connectivity index (χ3n) is 4.60. The minimum Gasteiger partial charge on any atom is -0.454 e. The van der Waals surface area contributed by atoms with Crippen LogP contribution in [0.1, 0.15) is 37.7 Å². The molecule has 114 valence electrons. The first-order valence-electron chi connectivity index (χ1n) is 7.60. The third kappa shape index (κ3) is 2.83. The van der Waals surface area contributed by atoms with E-state index in [1.54, 1.807) is 0 Å². The predicted molar refractivity (Wildman–Crippen MR) is 79.4 cm³/mol. The minimum atomic E-state index is -0.0966. The van der Waals surface area contributed by atoms with Crippen LogP contribution in [0.5, 0.6) is 11.5 Å². The average molecular weight is 290 g/mol. The Labute approximate surface area is 124 Å². The van der Waals surface area contributed by atoms with Crippen LogP contribution in [0.4, 0.5) is 0 Å². The first kappa shape index (κ1) is 14.2. The summed E-state index contributed by atoms with van der Waals surface area (Å²) < 4.78 is 10.9. The van der Waals surface area contributed by atoms with Crippen molar-refractivity contribution in [2.45, 2.75) is 37.5 Å². The van der Waals surface area contributed by atoms with Crippen molar-refractivity contribution in [3.63, 3.8) is 0 Å². The molecule has 1 fully saturated rings. The van der Waals surface area contributed by atoms with Gasteiger partial charge in [-0.25, -0.2) is 0 Å². The maximum Gasteiger partial charge on any atom is 0.233 e. The summed E-state index contributed by atoms with van der Waals surface area (Å²) in [5.41, 5.74) is 6.61. The van der Waals surface area contributed by atoms with Gasteiger partial charge < -0.3 is 20.5 Å². The van der Waals surface area contributed by atoms with E-state index in [2.05, 4.69) is 17.4 Å². The van der Waals surface area contributed by atoms with Crippen molar-refractivity contribution in [3.8, 4) is 11.5 Å². The Kier molecular flexibility index (Phi) is 4.01. The molecule has 1 aliphatic carbocycles. The number of amides is 1. The molecule has 3 rings (SSSR count). The second kappa shape index (κ2) is 5.93. The van der Waals surface area contributed by atoms with Gasteiger partial charge in [0.05, 0.1) is 6.54 Å². The van der Waals surface area contributed by atoms with Gasteiger partial charge in [-0.05, 0) is 30.5 Å². The maximum atomic E-state index is 11.5. The lowest BCUT2D eigenvalue weighted by Gasteiger charge is -2.38. The molecule has 1 aromatic carbocycles. The highest BCUT2D eigenvalue weighted by atomic mass is 16.7. The van der Waals surface area contributed by atoms with E-state index in [-0.39, 0.29) is 24.7 Å². The molecule has 0 unspecified atom stereocenters. The van der Waals surface area contributed by atoms with Gasteiger partial charge >= 0.3 is 0 Å². The Morgan fingerprint density at radius 1 is 1.19 bits per heavy atom. The van der Waals surface area contributed by atoms with Gasteiger partial charge in [-0.2, -0.15) is 0 Å². The van der Waals surface area contributed by atoms with Crippen molar-refractivity contribution in [1.82, 2.24) is 5.32 Å². The Hall–Kier alpha value is -1.75. The number of fused-ring (bicyclic) bond motifs is 1. The molecule has 1 saturated carbocycles. The number of nitrogens with one attached hydrogen (secondary N) is 1. The highest BCUT2D eigenvalue weighted by Crippen LogP contribution is 2.43. The SMILES string of the molecule is NCC(=O)NCC1(c2ccc3c(c2)OCO3)CCCCC1. The van der Waals surface area contributed by atoms with Crippen LogP contribution in [0, 0.1) is 0 Å².